The van der Waals surface area contributed by atoms with Gasteiger partial charge in [0.05, 0.1) is 41.6 Å². The third-order valence-corrected chi connectivity index (χ3v) is 8.22. The zero-order valence-corrected chi connectivity index (χ0v) is 18.9. The van der Waals surface area contributed by atoms with Crippen LogP contribution in [-0.4, -0.2) is 61.2 Å². The van der Waals surface area contributed by atoms with Crippen LogP contribution in [0.4, 0.5) is 5.82 Å². The number of pyridine rings is 1. The Morgan fingerprint density at radius 3 is 2.78 bits per heavy atom. The predicted molar refractivity (Wildman–Crippen MR) is 119 cm³/mol. The number of nitrogens with two attached hydrogens (primary N) is 1. The fraction of sp³-hybridized carbons (Fsp3) is 0.455. The van der Waals surface area contributed by atoms with Gasteiger partial charge in [-0.3, -0.25) is 0 Å². The standard InChI is InChI=1S/C22H26N4O5S/c1-14-5-17(19-8-21(23)24-13-26(14)19)18-6-16(31-9-15-10-32(27,28)11-15)7-20(25-18)22(29-2)3-4-30-12-22/h5-8,13,15H,3-4,9-12,23H2,1-2H3/t22-/m1/s1. The zero-order valence-electron chi connectivity index (χ0n) is 18.1. The van der Waals surface area contributed by atoms with E-state index in [-0.39, 0.29) is 17.4 Å². The first kappa shape index (κ1) is 21.2. The Morgan fingerprint density at radius 2 is 2.09 bits per heavy atom. The molecule has 0 bridgehead atoms. The van der Waals surface area contributed by atoms with Gasteiger partial charge in [-0.2, -0.15) is 0 Å². The molecule has 5 heterocycles. The van der Waals surface area contributed by atoms with Crippen LogP contribution in [-0.2, 0) is 24.9 Å². The van der Waals surface area contributed by atoms with E-state index in [0.717, 1.165) is 28.2 Å². The lowest BCUT2D eigenvalue weighted by atomic mass is 9.97. The number of methoxy groups -OCH3 is 1. The van der Waals surface area contributed by atoms with Gasteiger partial charge < -0.3 is 24.3 Å². The second-order valence-corrected chi connectivity index (χ2v) is 10.8. The topological polar surface area (TPSA) is 118 Å². The molecule has 3 aromatic rings. The van der Waals surface area contributed by atoms with Gasteiger partial charge in [-0.1, -0.05) is 0 Å². The molecule has 0 radical (unpaired) electrons. The molecule has 0 spiro atoms. The van der Waals surface area contributed by atoms with E-state index < -0.39 is 15.4 Å². The van der Waals surface area contributed by atoms with Gasteiger partial charge in [0.25, 0.3) is 0 Å². The first-order chi connectivity index (χ1) is 15.3. The van der Waals surface area contributed by atoms with Crippen molar-refractivity contribution in [3.05, 3.63) is 42.0 Å². The van der Waals surface area contributed by atoms with Gasteiger partial charge in [0.15, 0.2) is 9.84 Å². The van der Waals surface area contributed by atoms with Gasteiger partial charge in [0, 0.05) is 55.5 Å². The fourth-order valence-electron chi connectivity index (χ4n) is 4.43. The van der Waals surface area contributed by atoms with E-state index >= 15 is 0 Å². The molecule has 0 aromatic carbocycles. The Balaban J connectivity index is 1.57. The van der Waals surface area contributed by atoms with Crippen molar-refractivity contribution in [2.24, 2.45) is 5.92 Å². The van der Waals surface area contributed by atoms with Crippen LogP contribution < -0.4 is 10.5 Å². The number of ether oxygens (including phenoxy) is 3. The second-order valence-electron chi connectivity index (χ2n) is 8.60. The SMILES string of the molecule is CO[C@]1(c2cc(OCC3CS(=O)(=O)C3)cc(-c3cc(C)n4cnc(N)cc34)n2)CCOC1. The van der Waals surface area contributed by atoms with Crippen molar-refractivity contribution in [2.45, 2.75) is 18.9 Å². The van der Waals surface area contributed by atoms with Crippen molar-refractivity contribution in [2.75, 3.05) is 44.2 Å². The number of sulfone groups is 1. The number of aryl methyl sites for hydroxylation is 1. The van der Waals surface area contributed by atoms with Gasteiger partial charge in [0.1, 0.15) is 23.5 Å². The summed E-state index contributed by atoms with van der Waals surface area (Å²) in [5.41, 5.74) is 9.54. The summed E-state index contributed by atoms with van der Waals surface area (Å²) >= 11 is 0. The van der Waals surface area contributed by atoms with Crippen LogP contribution in [0.2, 0.25) is 0 Å². The molecule has 2 fully saturated rings. The van der Waals surface area contributed by atoms with Crippen LogP contribution in [0.5, 0.6) is 5.75 Å². The average molecular weight is 459 g/mol. The number of aromatic nitrogens is 3. The summed E-state index contributed by atoms with van der Waals surface area (Å²) in [4.78, 5) is 9.13. The first-order valence-corrected chi connectivity index (χ1v) is 12.3. The summed E-state index contributed by atoms with van der Waals surface area (Å²) in [6.45, 7) is 3.33. The maximum Gasteiger partial charge on any atom is 0.151 e. The molecule has 1 atom stereocenters. The van der Waals surface area contributed by atoms with Gasteiger partial charge in [-0.15, -0.1) is 0 Å². The lowest BCUT2D eigenvalue weighted by Crippen LogP contribution is -2.39. The number of anilines is 1. The summed E-state index contributed by atoms with van der Waals surface area (Å²) in [7, 11) is -1.24. The van der Waals surface area contributed by atoms with E-state index in [9.17, 15) is 8.42 Å². The molecule has 2 N–H and O–H groups in total. The second kappa shape index (κ2) is 7.72. The van der Waals surface area contributed by atoms with Crippen molar-refractivity contribution in [1.82, 2.24) is 14.4 Å². The molecule has 0 aliphatic carbocycles. The monoisotopic (exact) mass is 458 g/mol. The summed E-state index contributed by atoms with van der Waals surface area (Å²) < 4.78 is 42.5. The van der Waals surface area contributed by atoms with Crippen LogP contribution in [0, 0.1) is 12.8 Å². The van der Waals surface area contributed by atoms with Crippen molar-refractivity contribution < 1.29 is 22.6 Å². The van der Waals surface area contributed by atoms with Gasteiger partial charge in [-0.05, 0) is 13.0 Å². The normalized spacial score (nSPS) is 22.8. The quantitative estimate of drug-likeness (QED) is 0.596. The minimum atomic E-state index is -2.90. The molecule has 9 nitrogen and oxygen atoms in total. The Bertz CT molecular complexity index is 1270. The van der Waals surface area contributed by atoms with Crippen molar-refractivity contribution >= 4 is 21.2 Å². The molecular formula is C22H26N4O5S. The van der Waals surface area contributed by atoms with Crippen LogP contribution in [0.1, 0.15) is 17.8 Å². The number of fused-ring (bicyclic) bond motifs is 1. The smallest absolute Gasteiger partial charge is 0.151 e. The lowest BCUT2D eigenvalue weighted by molar-refractivity contribution is -0.0247. The highest BCUT2D eigenvalue weighted by molar-refractivity contribution is 7.92. The molecule has 170 valence electrons. The number of hydrogen-bond acceptors (Lipinski definition) is 8. The molecule has 0 amide bonds. The van der Waals surface area contributed by atoms with E-state index in [1.165, 1.54) is 0 Å². The molecule has 2 saturated heterocycles. The molecule has 0 saturated carbocycles. The minimum Gasteiger partial charge on any atom is -0.493 e. The predicted octanol–water partition coefficient (Wildman–Crippen LogP) is 1.97. The average Bonchev–Trinajstić information content (AvgIpc) is 3.36. The third-order valence-electron chi connectivity index (χ3n) is 6.26. The maximum atomic E-state index is 11.5. The van der Waals surface area contributed by atoms with Crippen molar-refractivity contribution in [3.63, 3.8) is 0 Å². The van der Waals surface area contributed by atoms with E-state index in [1.54, 1.807) is 13.4 Å². The molecule has 10 heteroatoms. The van der Waals surface area contributed by atoms with Crippen LogP contribution in [0.15, 0.2) is 30.6 Å². The zero-order chi connectivity index (χ0) is 22.5. The highest BCUT2D eigenvalue weighted by atomic mass is 32.2. The molecule has 32 heavy (non-hydrogen) atoms. The highest BCUT2D eigenvalue weighted by Gasteiger charge is 2.39. The summed E-state index contributed by atoms with van der Waals surface area (Å²) in [5, 5.41) is 0. The lowest BCUT2D eigenvalue weighted by Gasteiger charge is -2.27. The van der Waals surface area contributed by atoms with Crippen LogP contribution >= 0.6 is 0 Å². The van der Waals surface area contributed by atoms with Crippen molar-refractivity contribution in [1.29, 1.82) is 0 Å². The van der Waals surface area contributed by atoms with Gasteiger partial charge in [-0.25, -0.2) is 18.4 Å². The molecule has 3 aromatic heterocycles. The van der Waals surface area contributed by atoms with Crippen molar-refractivity contribution in [3.8, 4) is 17.0 Å². The summed E-state index contributed by atoms with van der Waals surface area (Å²) in [5.74, 6) is 1.39. The molecular weight excluding hydrogens is 432 g/mol. The van der Waals surface area contributed by atoms with E-state index in [1.807, 2.05) is 35.6 Å². The minimum absolute atomic E-state index is 0.00897. The fourth-order valence-corrected chi connectivity index (χ4v) is 5.96. The number of rotatable bonds is 6. The number of hydrogen-bond donors (Lipinski definition) is 1. The Morgan fingerprint density at radius 1 is 1.28 bits per heavy atom. The van der Waals surface area contributed by atoms with E-state index in [2.05, 4.69) is 4.98 Å². The first-order valence-electron chi connectivity index (χ1n) is 10.5. The molecule has 0 unspecified atom stereocenters. The molecule has 2 aliphatic heterocycles. The Labute approximate surface area is 186 Å². The van der Waals surface area contributed by atoms with Crippen LogP contribution in [0.3, 0.4) is 0 Å². The van der Waals surface area contributed by atoms with E-state index in [0.29, 0.717) is 37.8 Å². The summed E-state index contributed by atoms with van der Waals surface area (Å²) in [6.07, 6.45) is 2.38. The van der Waals surface area contributed by atoms with Gasteiger partial charge in [0.2, 0.25) is 0 Å². The Kier molecular flexibility index (Phi) is 5.11. The summed E-state index contributed by atoms with van der Waals surface area (Å²) in [6, 6.07) is 7.60. The largest absolute Gasteiger partial charge is 0.493 e. The Hall–Kier alpha value is -2.69. The molecule has 5 rings (SSSR count). The highest BCUT2D eigenvalue weighted by Crippen LogP contribution is 2.38. The maximum absolute atomic E-state index is 11.5. The number of nitrogen functional groups attached to an aromatic ring is 1. The third kappa shape index (κ3) is 3.72. The number of nitrogens with zero attached hydrogens (tertiary/aromatic N) is 3. The van der Waals surface area contributed by atoms with E-state index in [4.69, 9.17) is 24.9 Å². The van der Waals surface area contributed by atoms with Crippen LogP contribution in [0.25, 0.3) is 16.8 Å². The van der Waals surface area contributed by atoms with Gasteiger partial charge >= 0.3 is 0 Å². The molecule has 2 aliphatic rings.